The first kappa shape index (κ1) is 16.0. The minimum absolute atomic E-state index is 0.0469. The van der Waals surface area contributed by atoms with Gasteiger partial charge in [0.1, 0.15) is 11.9 Å². The van der Waals surface area contributed by atoms with Crippen molar-refractivity contribution in [3.63, 3.8) is 0 Å². The fraction of sp³-hybridized carbons (Fsp3) is 0.250. The number of thioether (sulfide) groups is 1. The van der Waals surface area contributed by atoms with Gasteiger partial charge in [0.05, 0.1) is 11.3 Å². The van der Waals surface area contributed by atoms with Crippen molar-refractivity contribution in [3.05, 3.63) is 47.1 Å². The van der Waals surface area contributed by atoms with E-state index in [2.05, 4.69) is 10.3 Å². The molecule has 0 aliphatic carbocycles. The molecule has 5 nitrogen and oxygen atoms in total. The third-order valence-electron chi connectivity index (χ3n) is 3.38. The van der Waals surface area contributed by atoms with Crippen LogP contribution in [0.2, 0.25) is 5.02 Å². The first-order chi connectivity index (χ1) is 11.1. The molecule has 23 heavy (non-hydrogen) atoms. The van der Waals surface area contributed by atoms with E-state index in [0.29, 0.717) is 16.5 Å². The van der Waals surface area contributed by atoms with E-state index in [1.807, 2.05) is 11.8 Å². The van der Waals surface area contributed by atoms with E-state index in [1.165, 1.54) is 18.3 Å². The number of nitrogens with one attached hydrogen (secondary N) is 1. The standard InChI is InChI=1S/C16H15ClN2O3S/c17-11-2-3-14(20)13(7-11)19-16(21)10-1-4-15(18-8-10)22-12-5-6-23-9-12/h1-4,7-8,12,20H,5-6,9H2,(H,19,21). The maximum absolute atomic E-state index is 12.2. The minimum atomic E-state index is -0.377. The Kier molecular flexibility index (Phi) is 4.93. The second-order valence-electron chi connectivity index (χ2n) is 5.10. The summed E-state index contributed by atoms with van der Waals surface area (Å²) in [5, 5.41) is 12.8. The van der Waals surface area contributed by atoms with Crippen molar-refractivity contribution >= 4 is 35.0 Å². The SMILES string of the molecule is O=C(Nc1cc(Cl)ccc1O)c1ccc(OC2CCSC2)nc1. The Bertz CT molecular complexity index is 703. The molecule has 1 unspecified atom stereocenters. The lowest BCUT2D eigenvalue weighted by molar-refractivity contribution is 0.102. The van der Waals surface area contributed by atoms with E-state index in [1.54, 1.807) is 18.2 Å². The molecule has 1 amide bonds. The first-order valence-corrected chi connectivity index (χ1v) is 8.65. The molecular formula is C16H15ClN2O3S. The molecule has 120 valence electrons. The number of halogens is 1. The molecular weight excluding hydrogens is 336 g/mol. The number of aromatic hydroxyl groups is 1. The summed E-state index contributed by atoms with van der Waals surface area (Å²) in [5.41, 5.74) is 0.628. The van der Waals surface area contributed by atoms with Crippen LogP contribution in [0.25, 0.3) is 0 Å². The molecule has 0 saturated carbocycles. The van der Waals surface area contributed by atoms with Gasteiger partial charge in [-0.25, -0.2) is 4.98 Å². The van der Waals surface area contributed by atoms with Crippen molar-refractivity contribution in [1.82, 2.24) is 4.98 Å². The number of amides is 1. The van der Waals surface area contributed by atoms with Crippen LogP contribution in [-0.4, -0.2) is 33.6 Å². The van der Waals surface area contributed by atoms with Gasteiger partial charge < -0.3 is 15.2 Å². The number of anilines is 1. The average molecular weight is 351 g/mol. The average Bonchev–Trinajstić information content (AvgIpc) is 3.04. The Morgan fingerprint density at radius 2 is 2.26 bits per heavy atom. The van der Waals surface area contributed by atoms with Gasteiger partial charge in [0.25, 0.3) is 5.91 Å². The molecule has 1 atom stereocenters. The predicted molar refractivity (Wildman–Crippen MR) is 91.7 cm³/mol. The molecule has 1 saturated heterocycles. The van der Waals surface area contributed by atoms with Crippen LogP contribution in [0.4, 0.5) is 5.69 Å². The van der Waals surface area contributed by atoms with Crippen LogP contribution in [0.1, 0.15) is 16.8 Å². The van der Waals surface area contributed by atoms with Crippen LogP contribution in [0.3, 0.4) is 0 Å². The molecule has 1 aliphatic heterocycles. The highest BCUT2D eigenvalue weighted by atomic mass is 35.5. The van der Waals surface area contributed by atoms with Crippen molar-refractivity contribution in [1.29, 1.82) is 0 Å². The number of phenols is 1. The van der Waals surface area contributed by atoms with Crippen molar-refractivity contribution in [2.75, 3.05) is 16.8 Å². The summed E-state index contributed by atoms with van der Waals surface area (Å²) < 4.78 is 5.74. The van der Waals surface area contributed by atoms with E-state index in [0.717, 1.165) is 17.9 Å². The molecule has 3 rings (SSSR count). The fourth-order valence-corrected chi connectivity index (χ4v) is 3.43. The van der Waals surface area contributed by atoms with Gasteiger partial charge in [-0.05, 0) is 36.4 Å². The van der Waals surface area contributed by atoms with Gasteiger partial charge >= 0.3 is 0 Å². The zero-order valence-corrected chi connectivity index (χ0v) is 13.7. The number of ether oxygens (including phenoxy) is 1. The number of carbonyl (C=O) groups excluding carboxylic acids is 1. The first-order valence-electron chi connectivity index (χ1n) is 7.12. The van der Waals surface area contributed by atoms with Crippen molar-refractivity contribution in [2.45, 2.75) is 12.5 Å². The van der Waals surface area contributed by atoms with Crippen LogP contribution in [-0.2, 0) is 0 Å². The quantitative estimate of drug-likeness (QED) is 0.825. The van der Waals surface area contributed by atoms with Crippen LogP contribution < -0.4 is 10.1 Å². The van der Waals surface area contributed by atoms with Gasteiger partial charge in [-0.2, -0.15) is 11.8 Å². The Morgan fingerprint density at radius 3 is 2.96 bits per heavy atom. The zero-order chi connectivity index (χ0) is 16.2. The molecule has 0 radical (unpaired) electrons. The highest BCUT2D eigenvalue weighted by Crippen LogP contribution is 2.27. The van der Waals surface area contributed by atoms with Crippen LogP contribution in [0, 0.1) is 0 Å². The molecule has 0 spiro atoms. The van der Waals surface area contributed by atoms with Crippen LogP contribution in [0.15, 0.2) is 36.5 Å². The van der Waals surface area contributed by atoms with E-state index >= 15 is 0 Å². The number of aromatic nitrogens is 1. The largest absolute Gasteiger partial charge is 0.506 e. The van der Waals surface area contributed by atoms with Crippen LogP contribution in [0.5, 0.6) is 11.6 Å². The Hall–Kier alpha value is -1.92. The van der Waals surface area contributed by atoms with Crippen LogP contribution >= 0.6 is 23.4 Å². The highest BCUT2D eigenvalue weighted by molar-refractivity contribution is 7.99. The summed E-state index contributed by atoms with van der Waals surface area (Å²) in [6.07, 6.45) is 2.66. The number of benzene rings is 1. The summed E-state index contributed by atoms with van der Waals surface area (Å²) in [7, 11) is 0. The van der Waals surface area contributed by atoms with Gasteiger partial charge in [0, 0.05) is 23.0 Å². The molecule has 1 fully saturated rings. The number of rotatable bonds is 4. The molecule has 2 aromatic rings. The zero-order valence-electron chi connectivity index (χ0n) is 12.2. The Labute approximate surface area is 143 Å². The summed E-state index contributed by atoms with van der Waals surface area (Å²) >= 11 is 7.72. The normalized spacial score (nSPS) is 17.0. The molecule has 2 N–H and O–H groups in total. The third kappa shape index (κ3) is 4.09. The lowest BCUT2D eigenvalue weighted by Crippen LogP contribution is -2.16. The van der Waals surface area contributed by atoms with Gasteiger partial charge in [-0.15, -0.1) is 0 Å². The monoisotopic (exact) mass is 350 g/mol. The Morgan fingerprint density at radius 1 is 1.39 bits per heavy atom. The van der Waals surface area contributed by atoms with Gasteiger partial charge in [-0.1, -0.05) is 11.6 Å². The number of phenolic OH excluding ortho intramolecular Hbond substituents is 1. The molecule has 1 aromatic heterocycles. The maximum atomic E-state index is 12.2. The third-order valence-corrected chi connectivity index (χ3v) is 4.75. The molecule has 0 bridgehead atoms. The number of pyridine rings is 1. The topological polar surface area (TPSA) is 71.5 Å². The van der Waals surface area contributed by atoms with Gasteiger partial charge in [0.2, 0.25) is 5.88 Å². The smallest absolute Gasteiger partial charge is 0.257 e. The van der Waals surface area contributed by atoms with Crippen molar-refractivity contribution < 1.29 is 14.6 Å². The maximum Gasteiger partial charge on any atom is 0.257 e. The number of hydrogen-bond donors (Lipinski definition) is 2. The van der Waals surface area contributed by atoms with Crippen molar-refractivity contribution in [3.8, 4) is 11.6 Å². The molecule has 2 heterocycles. The van der Waals surface area contributed by atoms with E-state index in [4.69, 9.17) is 16.3 Å². The minimum Gasteiger partial charge on any atom is -0.506 e. The summed E-state index contributed by atoms with van der Waals surface area (Å²) in [4.78, 5) is 16.3. The predicted octanol–water partition coefficient (Wildman–Crippen LogP) is 3.58. The lowest BCUT2D eigenvalue weighted by atomic mass is 10.2. The number of nitrogens with zero attached hydrogens (tertiary/aromatic N) is 1. The van der Waals surface area contributed by atoms with Gasteiger partial charge in [0.15, 0.2) is 0 Å². The summed E-state index contributed by atoms with van der Waals surface area (Å²) in [6.45, 7) is 0. The second kappa shape index (κ2) is 7.10. The van der Waals surface area contributed by atoms with Crippen molar-refractivity contribution in [2.24, 2.45) is 0 Å². The van der Waals surface area contributed by atoms with E-state index in [-0.39, 0.29) is 23.4 Å². The molecule has 1 aliphatic rings. The number of hydrogen-bond acceptors (Lipinski definition) is 5. The second-order valence-corrected chi connectivity index (χ2v) is 6.69. The number of carbonyl (C=O) groups is 1. The summed E-state index contributed by atoms with van der Waals surface area (Å²) in [5.74, 6) is 2.17. The Balaban J connectivity index is 1.66. The molecule has 1 aromatic carbocycles. The van der Waals surface area contributed by atoms with E-state index < -0.39 is 0 Å². The van der Waals surface area contributed by atoms with Gasteiger partial charge in [-0.3, -0.25) is 4.79 Å². The molecule has 7 heteroatoms. The highest BCUT2D eigenvalue weighted by Gasteiger charge is 2.18. The summed E-state index contributed by atoms with van der Waals surface area (Å²) in [6, 6.07) is 7.77. The lowest BCUT2D eigenvalue weighted by Gasteiger charge is -2.12. The van der Waals surface area contributed by atoms with E-state index in [9.17, 15) is 9.90 Å². The fourth-order valence-electron chi connectivity index (χ4n) is 2.16.